The molecule has 0 unspecified atom stereocenters. The molecule has 2 rings (SSSR count). The first-order chi connectivity index (χ1) is 10.5. The summed E-state index contributed by atoms with van der Waals surface area (Å²) in [4.78, 5) is 25.0. The molecule has 0 fully saturated rings. The monoisotopic (exact) mass is 299 g/mol. The zero-order valence-corrected chi connectivity index (χ0v) is 12.1. The Hall–Kier alpha value is -2.66. The summed E-state index contributed by atoms with van der Waals surface area (Å²) >= 11 is 0. The molecular formula is C17H17NO4. The van der Waals surface area contributed by atoms with Crippen molar-refractivity contribution in [2.75, 3.05) is 7.05 Å². The Morgan fingerprint density at radius 3 is 1.95 bits per heavy atom. The maximum atomic E-state index is 12.5. The number of likely N-dealkylation sites (N-methyl/N-ethyl adjacent to an activating group) is 1. The van der Waals surface area contributed by atoms with Gasteiger partial charge in [-0.1, -0.05) is 48.5 Å². The molecule has 0 saturated carbocycles. The third kappa shape index (κ3) is 3.32. The second-order valence-corrected chi connectivity index (χ2v) is 4.92. The van der Waals surface area contributed by atoms with E-state index in [1.807, 2.05) is 0 Å². The van der Waals surface area contributed by atoms with Gasteiger partial charge in [0, 0.05) is 12.6 Å². The van der Waals surface area contributed by atoms with E-state index >= 15 is 0 Å². The number of amides is 1. The molecule has 22 heavy (non-hydrogen) atoms. The SMILES string of the molecule is CN(C(=O)c1ccccc1)[C@@H](c1ccccc1)[C@@H](O)C(=O)O. The summed E-state index contributed by atoms with van der Waals surface area (Å²) < 4.78 is 0. The fraction of sp³-hybridized carbons (Fsp3) is 0.176. The lowest BCUT2D eigenvalue weighted by atomic mass is 9.99. The van der Waals surface area contributed by atoms with E-state index in [4.69, 9.17) is 5.11 Å². The number of benzene rings is 2. The predicted molar refractivity (Wildman–Crippen MR) is 81.4 cm³/mol. The molecule has 0 aliphatic carbocycles. The van der Waals surface area contributed by atoms with Gasteiger partial charge in [-0.05, 0) is 17.7 Å². The highest BCUT2D eigenvalue weighted by atomic mass is 16.4. The zero-order valence-electron chi connectivity index (χ0n) is 12.1. The molecule has 1 amide bonds. The van der Waals surface area contributed by atoms with Gasteiger partial charge < -0.3 is 15.1 Å². The largest absolute Gasteiger partial charge is 0.479 e. The van der Waals surface area contributed by atoms with Crippen molar-refractivity contribution >= 4 is 11.9 Å². The lowest BCUT2D eigenvalue weighted by molar-refractivity contribution is -0.149. The van der Waals surface area contributed by atoms with Crippen LogP contribution in [0.5, 0.6) is 0 Å². The molecule has 114 valence electrons. The maximum absolute atomic E-state index is 12.5. The quantitative estimate of drug-likeness (QED) is 0.884. The van der Waals surface area contributed by atoms with Crippen LogP contribution < -0.4 is 0 Å². The van der Waals surface area contributed by atoms with Crippen LogP contribution in [0.3, 0.4) is 0 Å². The average molecular weight is 299 g/mol. The van der Waals surface area contributed by atoms with Gasteiger partial charge in [0.25, 0.3) is 5.91 Å². The highest BCUT2D eigenvalue weighted by molar-refractivity contribution is 5.94. The molecule has 2 N–H and O–H groups in total. The highest BCUT2D eigenvalue weighted by Gasteiger charge is 2.33. The summed E-state index contributed by atoms with van der Waals surface area (Å²) in [5.74, 6) is -1.73. The second kappa shape index (κ2) is 6.87. The van der Waals surface area contributed by atoms with Crippen LogP contribution in [-0.4, -0.2) is 40.1 Å². The fourth-order valence-corrected chi connectivity index (χ4v) is 2.31. The number of nitrogens with zero attached hydrogens (tertiary/aromatic N) is 1. The van der Waals surface area contributed by atoms with Gasteiger partial charge in [-0.15, -0.1) is 0 Å². The number of carboxylic acids is 1. The molecule has 2 aromatic rings. The number of carbonyl (C=O) groups excluding carboxylic acids is 1. The number of aliphatic hydroxyl groups is 1. The minimum Gasteiger partial charge on any atom is -0.479 e. The first kappa shape index (κ1) is 15.7. The van der Waals surface area contributed by atoms with Crippen LogP contribution >= 0.6 is 0 Å². The molecule has 5 heteroatoms. The molecule has 0 spiro atoms. The van der Waals surface area contributed by atoms with E-state index in [-0.39, 0.29) is 5.91 Å². The number of hydrogen-bond donors (Lipinski definition) is 2. The van der Waals surface area contributed by atoms with E-state index in [0.29, 0.717) is 11.1 Å². The summed E-state index contributed by atoms with van der Waals surface area (Å²) in [6, 6.07) is 16.2. The average Bonchev–Trinajstić information content (AvgIpc) is 2.56. The fourth-order valence-electron chi connectivity index (χ4n) is 2.31. The molecule has 2 aromatic carbocycles. The minimum atomic E-state index is -1.71. The van der Waals surface area contributed by atoms with Crippen LogP contribution in [0.15, 0.2) is 60.7 Å². The van der Waals surface area contributed by atoms with Crippen molar-refractivity contribution in [3.8, 4) is 0 Å². The normalized spacial score (nSPS) is 13.2. The van der Waals surface area contributed by atoms with Crippen molar-refractivity contribution in [3.63, 3.8) is 0 Å². The highest BCUT2D eigenvalue weighted by Crippen LogP contribution is 2.25. The standard InChI is InChI=1S/C17H17NO4/c1-18(16(20)13-10-6-3-7-11-13)14(15(19)17(21)22)12-8-4-2-5-9-12/h2-11,14-15,19H,1H3,(H,21,22)/t14-,15+/m0/s1. The van der Waals surface area contributed by atoms with Gasteiger partial charge in [-0.25, -0.2) is 4.79 Å². The maximum Gasteiger partial charge on any atom is 0.335 e. The van der Waals surface area contributed by atoms with Crippen LogP contribution in [0.4, 0.5) is 0 Å². The van der Waals surface area contributed by atoms with Crippen LogP contribution in [-0.2, 0) is 4.79 Å². The Bertz CT molecular complexity index is 642. The molecule has 0 aliphatic heterocycles. The van der Waals surface area contributed by atoms with Gasteiger partial charge >= 0.3 is 5.97 Å². The number of rotatable bonds is 5. The van der Waals surface area contributed by atoms with Crippen molar-refractivity contribution < 1.29 is 19.8 Å². The van der Waals surface area contributed by atoms with E-state index in [0.717, 1.165) is 0 Å². The van der Waals surface area contributed by atoms with Crippen molar-refractivity contribution in [1.82, 2.24) is 4.90 Å². The molecule has 0 aliphatic rings. The molecule has 0 radical (unpaired) electrons. The summed E-state index contributed by atoms with van der Waals surface area (Å²) in [6.45, 7) is 0. The Morgan fingerprint density at radius 1 is 0.955 bits per heavy atom. The Morgan fingerprint density at radius 2 is 1.45 bits per heavy atom. The van der Waals surface area contributed by atoms with E-state index < -0.39 is 18.1 Å². The van der Waals surface area contributed by atoms with Crippen LogP contribution in [0.1, 0.15) is 22.0 Å². The summed E-state index contributed by atoms with van der Waals surface area (Å²) in [5.41, 5.74) is 0.993. The van der Waals surface area contributed by atoms with E-state index in [1.165, 1.54) is 11.9 Å². The third-order valence-electron chi connectivity index (χ3n) is 3.45. The van der Waals surface area contributed by atoms with Crippen molar-refractivity contribution in [1.29, 1.82) is 0 Å². The molecular weight excluding hydrogens is 282 g/mol. The van der Waals surface area contributed by atoms with E-state index in [1.54, 1.807) is 60.7 Å². The predicted octanol–water partition coefficient (Wildman–Crippen LogP) is 1.95. The number of carboxylic acid groups (broad SMARTS) is 1. The molecule has 0 heterocycles. The first-order valence-electron chi connectivity index (χ1n) is 6.80. The Kier molecular flexibility index (Phi) is 4.91. The first-order valence-corrected chi connectivity index (χ1v) is 6.80. The number of carbonyl (C=O) groups is 2. The molecule has 0 saturated heterocycles. The zero-order chi connectivity index (χ0) is 16.1. The second-order valence-electron chi connectivity index (χ2n) is 4.92. The molecule has 0 aromatic heterocycles. The summed E-state index contributed by atoms with van der Waals surface area (Å²) in [5, 5.41) is 19.1. The van der Waals surface area contributed by atoms with Crippen LogP contribution in [0.2, 0.25) is 0 Å². The summed E-state index contributed by atoms with van der Waals surface area (Å²) in [7, 11) is 1.49. The van der Waals surface area contributed by atoms with Gasteiger partial charge in [0.05, 0.1) is 6.04 Å². The Labute approximate surface area is 128 Å². The topological polar surface area (TPSA) is 77.8 Å². The van der Waals surface area contributed by atoms with Crippen molar-refractivity contribution in [2.45, 2.75) is 12.1 Å². The lowest BCUT2D eigenvalue weighted by Gasteiger charge is -2.30. The minimum absolute atomic E-state index is 0.352. The lowest BCUT2D eigenvalue weighted by Crippen LogP contribution is -2.41. The van der Waals surface area contributed by atoms with E-state index in [2.05, 4.69) is 0 Å². The number of hydrogen-bond acceptors (Lipinski definition) is 3. The molecule has 5 nitrogen and oxygen atoms in total. The number of aliphatic carboxylic acids is 1. The van der Waals surface area contributed by atoms with E-state index in [9.17, 15) is 14.7 Å². The van der Waals surface area contributed by atoms with Crippen molar-refractivity contribution in [3.05, 3.63) is 71.8 Å². The van der Waals surface area contributed by atoms with Gasteiger partial charge in [-0.2, -0.15) is 0 Å². The van der Waals surface area contributed by atoms with Gasteiger partial charge in [-0.3, -0.25) is 4.79 Å². The van der Waals surface area contributed by atoms with Gasteiger partial charge in [0.15, 0.2) is 6.10 Å². The third-order valence-corrected chi connectivity index (χ3v) is 3.45. The van der Waals surface area contributed by atoms with Gasteiger partial charge in [0.2, 0.25) is 0 Å². The molecule has 2 atom stereocenters. The number of aliphatic hydroxyl groups excluding tert-OH is 1. The Balaban J connectivity index is 2.37. The smallest absolute Gasteiger partial charge is 0.335 e. The van der Waals surface area contributed by atoms with Gasteiger partial charge in [0.1, 0.15) is 0 Å². The van der Waals surface area contributed by atoms with Crippen LogP contribution in [0.25, 0.3) is 0 Å². The van der Waals surface area contributed by atoms with Crippen molar-refractivity contribution in [2.24, 2.45) is 0 Å². The van der Waals surface area contributed by atoms with Crippen LogP contribution in [0, 0.1) is 0 Å². The summed E-state index contributed by atoms with van der Waals surface area (Å²) in [6.07, 6.45) is -1.71. The molecule has 0 bridgehead atoms.